The van der Waals surface area contributed by atoms with Crippen molar-refractivity contribution in [2.24, 2.45) is 5.92 Å². The zero-order chi connectivity index (χ0) is 9.78. The maximum Gasteiger partial charge on any atom is 0.375 e. The van der Waals surface area contributed by atoms with Crippen molar-refractivity contribution in [1.82, 2.24) is 0 Å². The minimum atomic E-state index is -3.58. The van der Waals surface area contributed by atoms with E-state index in [-0.39, 0.29) is 0 Å². The van der Waals surface area contributed by atoms with Gasteiger partial charge in [0.15, 0.2) is 0 Å². The molecule has 2 nitrogen and oxygen atoms in total. The number of carboxylic acids is 1. The van der Waals surface area contributed by atoms with Crippen LogP contribution in [-0.2, 0) is 4.79 Å². The van der Waals surface area contributed by atoms with Gasteiger partial charge in [-0.1, -0.05) is 13.8 Å². The first-order valence-electron chi connectivity index (χ1n) is 3.55. The summed E-state index contributed by atoms with van der Waals surface area (Å²) in [6.45, 7) is 3.79. The van der Waals surface area contributed by atoms with Gasteiger partial charge in [0.25, 0.3) is 0 Å². The van der Waals surface area contributed by atoms with E-state index in [0.29, 0.717) is 11.7 Å². The van der Waals surface area contributed by atoms with Crippen LogP contribution in [0.1, 0.15) is 13.8 Å². The van der Waals surface area contributed by atoms with Crippen molar-refractivity contribution in [1.29, 1.82) is 0 Å². The third kappa shape index (κ3) is 4.54. The fourth-order valence-corrected chi connectivity index (χ4v) is 1.45. The quantitative estimate of drug-likeness (QED) is 0.735. The van der Waals surface area contributed by atoms with E-state index in [2.05, 4.69) is 0 Å². The van der Waals surface area contributed by atoms with Gasteiger partial charge in [0.05, 0.1) is 5.75 Å². The fraction of sp³-hybridized carbons (Fsp3) is 0.857. The summed E-state index contributed by atoms with van der Waals surface area (Å²) in [5.41, 5.74) is 0. The summed E-state index contributed by atoms with van der Waals surface area (Å²) in [6, 6.07) is 0. The molecule has 0 saturated heterocycles. The molecule has 0 atom stereocenters. The van der Waals surface area contributed by atoms with Crippen LogP contribution in [0.15, 0.2) is 0 Å². The Kier molecular flexibility index (Phi) is 4.52. The average molecular weight is 198 g/mol. The second kappa shape index (κ2) is 4.64. The lowest BCUT2D eigenvalue weighted by atomic mass is 10.3. The van der Waals surface area contributed by atoms with Crippen molar-refractivity contribution in [2.45, 2.75) is 19.8 Å². The zero-order valence-electron chi connectivity index (χ0n) is 7.01. The molecule has 0 radical (unpaired) electrons. The molecule has 1 N–H and O–H groups in total. The zero-order valence-corrected chi connectivity index (χ0v) is 7.83. The predicted octanol–water partition coefficient (Wildman–Crippen LogP) is 2.10. The lowest BCUT2D eigenvalue weighted by Crippen LogP contribution is -2.31. The molecule has 72 valence electrons. The van der Waals surface area contributed by atoms with Crippen LogP contribution in [0.3, 0.4) is 0 Å². The van der Waals surface area contributed by atoms with E-state index < -0.39 is 17.6 Å². The first-order valence-corrected chi connectivity index (χ1v) is 4.70. The minimum absolute atomic E-state index is 0.305. The number of hydrogen-bond donors (Lipinski definition) is 1. The average Bonchev–Trinajstić information content (AvgIpc) is 1.85. The molecule has 5 heteroatoms. The standard InChI is InChI=1S/C7H12F2O2S/c1-5(2)3-12-4-7(8,9)6(10)11/h5H,3-4H2,1-2H3,(H,10,11). The van der Waals surface area contributed by atoms with Crippen LogP contribution >= 0.6 is 11.8 Å². The summed E-state index contributed by atoms with van der Waals surface area (Å²) in [7, 11) is 0. The maximum atomic E-state index is 12.4. The largest absolute Gasteiger partial charge is 0.477 e. The molecule has 0 fully saturated rings. The van der Waals surface area contributed by atoms with Gasteiger partial charge in [-0.05, 0) is 11.7 Å². The van der Waals surface area contributed by atoms with Gasteiger partial charge >= 0.3 is 11.9 Å². The Morgan fingerprint density at radius 1 is 1.58 bits per heavy atom. The second-order valence-electron chi connectivity index (χ2n) is 2.92. The smallest absolute Gasteiger partial charge is 0.375 e. The topological polar surface area (TPSA) is 37.3 Å². The highest BCUT2D eigenvalue weighted by Crippen LogP contribution is 2.21. The predicted molar refractivity (Wildman–Crippen MR) is 44.7 cm³/mol. The van der Waals surface area contributed by atoms with Crippen molar-refractivity contribution in [2.75, 3.05) is 11.5 Å². The van der Waals surface area contributed by atoms with Crippen molar-refractivity contribution in [3.05, 3.63) is 0 Å². The van der Waals surface area contributed by atoms with Gasteiger partial charge in [0.1, 0.15) is 0 Å². The highest BCUT2D eigenvalue weighted by atomic mass is 32.2. The number of hydrogen-bond acceptors (Lipinski definition) is 2. The molecular weight excluding hydrogens is 186 g/mol. The summed E-state index contributed by atoms with van der Waals surface area (Å²) < 4.78 is 24.8. The van der Waals surface area contributed by atoms with E-state index in [9.17, 15) is 13.6 Å². The molecule has 0 aromatic heterocycles. The first kappa shape index (κ1) is 11.7. The Hall–Kier alpha value is -0.320. The van der Waals surface area contributed by atoms with Crippen LogP contribution in [0, 0.1) is 5.92 Å². The van der Waals surface area contributed by atoms with Crippen LogP contribution in [-0.4, -0.2) is 28.5 Å². The minimum Gasteiger partial charge on any atom is -0.477 e. The molecule has 12 heavy (non-hydrogen) atoms. The number of aliphatic carboxylic acids is 1. The van der Waals surface area contributed by atoms with Gasteiger partial charge in [0.2, 0.25) is 0 Å². The van der Waals surface area contributed by atoms with E-state index in [1.165, 1.54) is 0 Å². The highest BCUT2D eigenvalue weighted by molar-refractivity contribution is 7.99. The summed E-state index contributed by atoms with van der Waals surface area (Å²) in [5.74, 6) is -5.40. The van der Waals surface area contributed by atoms with Gasteiger partial charge in [-0.2, -0.15) is 20.5 Å². The summed E-state index contributed by atoms with van der Waals surface area (Å²) in [4.78, 5) is 9.93. The van der Waals surface area contributed by atoms with Crippen LogP contribution in [0.5, 0.6) is 0 Å². The summed E-state index contributed by atoms with van der Waals surface area (Å²) >= 11 is 0.966. The van der Waals surface area contributed by atoms with Crippen molar-refractivity contribution in [3.63, 3.8) is 0 Å². The maximum absolute atomic E-state index is 12.4. The van der Waals surface area contributed by atoms with Gasteiger partial charge in [0, 0.05) is 0 Å². The molecule has 0 unspecified atom stereocenters. The van der Waals surface area contributed by atoms with Gasteiger partial charge in [-0.3, -0.25) is 0 Å². The molecule has 0 rings (SSSR count). The third-order valence-corrected chi connectivity index (χ3v) is 2.52. The highest BCUT2D eigenvalue weighted by Gasteiger charge is 2.38. The number of thioether (sulfide) groups is 1. The Labute approximate surface area is 74.3 Å². The van der Waals surface area contributed by atoms with Crippen LogP contribution in [0.2, 0.25) is 0 Å². The number of alkyl halides is 2. The Bertz CT molecular complexity index is 159. The molecule has 0 aromatic rings. The molecule has 0 spiro atoms. The van der Waals surface area contributed by atoms with E-state index >= 15 is 0 Å². The van der Waals surface area contributed by atoms with E-state index in [4.69, 9.17) is 5.11 Å². The van der Waals surface area contributed by atoms with Crippen molar-refractivity contribution < 1.29 is 18.7 Å². The summed E-state index contributed by atoms with van der Waals surface area (Å²) in [5, 5.41) is 8.04. The lowest BCUT2D eigenvalue weighted by molar-refractivity contribution is -0.161. The van der Waals surface area contributed by atoms with Crippen LogP contribution in [0.4, 0.5) is 8.78 Å². The number of rotatable bonds is 5. The van der Waals surface area contributed by atoms with Crippen molar-refractivity contribution in [3.8, 4) is 0 Å². The van der Waals surface area contributed by atoms with Gasteiger partial charge in [-0.15, -0.1) is 0 Å². The van der Waals surface area contributed by atoms with Crippen LogP contribution < -0.4 is 0 Å². The molecular formula is C7H12F2O2S. The van der Waals surface area contributed by atoms with E-state index in [1.54, 1.807) is 0 Å². The summed E-state index contributed by atoms with van der Waals surface area (Å²) in [6.07, 6.45) is 0. The molecule has 0 amide bonds. The monoisotopic (exact) mass is 198 g/mol. The fourth-order valence-electron chi connectivity index (χ4n) is 0.485. The van der Waals surface area contributed by atoms with E-state index in [1.807, 2.05) is 13.8 Å². The van der Waals surface area contributed by atoms with Gasteiger partial charge in [-0.25, -0.2) is 4.79 Å². The Morgan fingerprint density at radius 3 is 2.42 bits per heavy atom. The van der Waals surface area contributed by atoms with E-state index in [0.717, 1.165) is 11.8 Å². The molecule has 0 aliphatic heterocycles. The third-order valence-electron chi connectivity index (χ3n) is 1.05. The second-order valence-corrected chi connectivity index (χ2v) is 3.95. The molecule has 0 aromatic carbocycles. The Morgan fingerprint density at radius 2 is 2.08 bits per heavy atom. The first-order chi connectivity index (χ1) is 5.36. The molecule has 0 heterocycles. The van der Waals surface area contributed by atoms with Crippen LogP contribution in [0.25, 0.3) is 0 Å². The van der Waals surface area contributed by atoms with Gasteiger partial charge < -0.3 is 5.11 Å². The van der Waals surface area contributed by atoms with Crippen molar-refractivity contribution >= 4 is 17.7 Å². The number of halogens is 2. The SMILES string of the molecule is CC(C)CSCC(F)(F)C(=O)O. The number of carboxylic acid groups (broad SMARTS) is 1. The molecule has 0 aliphatic carbocycles. The lowest BCUT2D eigenvalue weighted by Gasteiger charge is -2.10. The number of carbonyl (C=O) groups is 1. The molecule has 0 aliphatic rings. The molecule has 0 bridgehead atoms. The Balaban J connectivity index is 3.69. The molecule has 0 saturated carbocycles. The normalized spacial score (nSPS) is 12.1.